The maximum atomic E-state index is 13.6. The summed E-state index contributed by atoms with van der Waals surface area (Å²) in [6, 6.07) is 2.05. The van der Waals surface area contributed by atoms with Crippen LogP contribution in [0.3, 0.4) is 0 Å². The van der Waals surface area contributed by atoms with Crippen LogP contribution in [-0.2, 0) is 4.74 Å². The molecule has 41 heavy (non-hydrogen) atoms. The summed E-state index contributed by atoms with van der Waals surface area (Å²) >= 11 is 10.1. The van der Waals surface area contributed by atoms with Crippen molar-refractivity contribution in [1.29, 1.82) is 0 Å². The molecular formula is C28H37BrClF2N5O4. The standard InChI is InChI=1S/C28H37BrClF2N5O4/c1-16-14-36(26(38)41-27(2,3)4)9-10-37(16)24-19-11-20(30)21(29)23(40-18-12-28(31,32)13-18)22(19)33-25(34-24)39-15-17-7-6-8-35(17)5/h11,16-18H,6-10,12-15H2,1-5H3/t16-,17-/m0/s1. The molecule has 1 amide bonds. The van der Waals surface area contributed by atoms with E-state index in [0.29, 0.717) is 58.2 Å². The Bertz CT molecular complexity index is 1300. The molecule has 2 aromatic rings. The van der Waals surface area contributed by atoms with Crippen LogP contribution < -0.4 is 14.4 Å². The Kier molecular flexibility index (Phi) is 8.48. The van der Waals surface area contributed by atoms with Gasteiger partial charge in [-0.1, -0.05) is 11.6 Å². The molecule has 2 aliphatic heterocycles. The van der Waals surface area contributed by atoms with Crippen LogP contribution in [-0.4, -0.2) is 95.4 Å². The molecule has 3 aliphatic rings. The maximum absolute atomic E-state index is 13.6. The van der Waals surface area contributed by atoms with Gasteiger partial charge in [-0.25, -0.2) is 13.6 Å². The van der Waals surface area contributed by atoms with Crippen LogP contribution in [0.1, 0.15) is 53.4 Å². The van der Waals surface area contributed by atoms with Gasteiger partial charge in [0.15, 0.2) is 5.75 Å². The van der Waals surface area contributed by atoms with Gasteiger partial charge in [-0.3, -0.25) is 0 Å². The molecule has 0 spiro atoms. The molecule has 3 heterocycles. The van der Waals surface area contributed by atoms with Crippen molar-refractivity contribution in [3.63, 3.8) is 0 Å². The number of carbonyl (C=O) groups is 1. The van der Waals surface area contributed by atoms with Crippen LogP contribution in [0.4, 0.5) is 19.4 Å². The van der Waals surface area contributed by atoms with Crippen molar-refractivity contribution in [3.8, 4) is 11.8 Å². The van der Waals surface area contributed by atoms with Gasteiger partial charge in [0.25, 0.3) is 5.92 Å². The van der Waals surface area contributed by atoms with E-state index in [1.807, 2.05) is 27.7 Å². The van der Waals surface area contributed by atoms with Gasteiger partial charge in [-0.2, -0.15) is 9.97 Å². The topological polar surface area (TPSA) is 80.3 Å². The molecule has 0 N–H and O–H groups in total. The monoisotopic (exact) mass is 659 g/mol. The number of ether oxygens (including phenoxy) is 3. The third-order valence-electron chi connectivity index (χ3n) is 7.76. The van der Waals surface area contributed by atoms with Crippen LogP contribution in [0.5, 0.6) is 11.8 Å². The lowest BCUT2D eigenvalue weighted by atomic mass is 9.91. The molecule has 0 unspecified atom stereocenters. The zero-order valence-corrected chi connectivity index (χ0v) is 26.4. The highest BCUT2D eigenvalue weighted by Crippen LogP contribution is 2.46. The third kappa shape index (κ3) is 6.74. The zero-order valence-electron chi connectivity index (χ0n) is 24.1. The number of hydrogen-bond acceptors (Lipinski definition) is 8. The first-order valence-electron chi connectivity index (χ1n) is 14.0. The fraction of sp³-hybridized carbons (Fsp3) is 0.679. The van der Waals surface area contributed by atoms with E-state index in [0.717, 1.165) is 19.4 Å². The van der Waals surface area contributed by atoms with Crippen LogP contribution in [0.15, 0.2) is 10.5 Å². The van der Waals surface area contributed by atoms with Gasteiger partial charge >= 0.3 is 12.1 Å². The average Bonchev–Trinajstić information content (AvgIpc) is 3.27. The number of aromatic nitrogens is 2. The Morgan fingerprint density at radius 3 is 2.56 bits per heavy atom. The molecule has 2 saturated heterocycles. The first-order valence-corrected chi connectivity index (χ1v) is 15.2. The summed E-state index contributed by atoms with van der Waals surface area (Å²) in [5.41, 5.74) is -0.164. The second-order valence-electron chi connectivity index (χ2n) is 12.3. The number of rotatable bonds is 6. The molecule has 3 fully saturated rings. The average molecular weight is 661 g/mol. The second-order valence-corrected chi connectivity index (χ2v) is 13.5. The van der Waals surface area contributed by atoms with Crippen LogP contribution in [0, 0.1) is 0 Å². The van der Waals surface area contributed by atoms with E-state index in [2.05, 4.69) is 32.8 Å². The number of likely N-dealkylation sites (tertiary alicyclic amines) is 1. The predicted octanol–water partition coefficient (Wildman–Crippen LogP) is 6.14. The van der Waals surface area contributed by atoms with E-state index in [9.17, 15) is 13.6 Å². The molecule has 226 valence electrons. The Hall–Kier alpha value is -2.18. The van der Waals surface area contributed by atoms with Gasteiger partial charge < -0.3 is 28.9 Å². The summed E-state index contributed by atoms with van der Waals surface area (Å²) in [4.78, 5) is 28.3. The summed E-state index contributed by atoms with van der Waals surface area (Å²) in [5, 5.41) is 0.965. The number of alkyl halides is 2. The normalized spacial score (nSPS) is 23.5. The third-order valence-corrected chi connectivity index (χ3v) is 9.08. The van der Waals surface area contributed by atoms with Crippen molar-refractivity contribution in [3.05, 3.63) is 15.6 Å². The van der Waals surface area contributed by atoms with Crippen LogP contribution in [0.2, 0.25) is 5.02 Å². The zero-order chi connectivity index (χ0) is 29.7. The van der Waals surface area contributed by atoms with Gasteiger partial charge in [-0.05, 0) is 76.1 Å². The number of likely N-dealkylation sites (N-methyl/N-ethyl adjacent to an activating group) is 1. The van der Waals surface area contributed by atoms with E-state index < -0.39 is 17.6 Å². The minimum absolute atomic E-state index is 0.125. The molecule has 1 aromatic heterocycles. The number of piperazine rings is 1. The largest absolute Gasteiger partial charge is 0.486 e. The first kappa shape index (κ1) is 30.3. The quantitative estimate of drug-likeness (QED) is 0.366. The van der Waals surface area contributed by atoms with E-state index in [1.54, 1.807) is 11.0 Å². The number of carbonyl (C=O) groups excluding carboxylic acids is 1. The Morgan fingerprint density at radius 1 is 1.22 bits per heavy atom. The number of benzene rings is 1. The molecule has 5 rings (SSSR count). The number of anilines is 1. The van der Waals surface area contributed by atoms with Crippen LogP contribution in [0.25, 0.3) is 10.9 Å². The summed E-state index contributed by atoms with van der Waals surface area (Å²) in [6.07, 6.45) is 0.365. The number of amides is 1. The fourth-order valence-corrected chi connectivity index (χ4v) is 6.11. The van der Waals surface area contributed by atoms with E-state index in [1.165, 1.54) is 0 Å². The van der Waals surface area contributed by atoms with Crippen molar-refractivity contribution >= 4 is 50.3 Å². The lowest BCUT2D eigenvalue weighted by Gasteiger charge is -2.41. The number of halogens is 4. The van der Waals surface area contributed by atoms with Crippen LogP contribution >= 0.6 is 27.5 Å². The first-order chi connectivity index (χ1) is 19.2. The van der Waals surface area contributed by atoms with Gasteiger partial charge in [0.2, 0.25) is 0 Å². The minimum Gasteiger partial charge on any atom is -0.486 e. The van der Waals surface area contributed by atoms with E-state index in [4.69, 9.17) is 35.8 Å². The highest BCUT2D eigenvalue weighted by atomic mass is 79.9. The summed E-state index contributed by atoms with van der Waals surface area (Å²) in [7, 11) is 2.07. The lowest BCUT2D eigenvalue weighted by Crippen LogP contribution is -2.55. The molecule has 0 radical (unpaired) electrons. The van der Waals surface area contributed by atoms with Crippen molar-refractivity contribution in [1.82, 2.24) is 19.8 Å². The van der Waals surface area contributed by atoms with Crippen molar-refractivity contribution in [2.45, 2.75) is 83.1 Å². The number of fused-ring (bicyclic) bond motifs is 1. The summed E-state index contributed by atoms with van der Waals surface area (Å²) in [6.45, 7) is 10.3. The highest BCUT2D eigenvalue weighted by molar-refractivity contribution is 9.10. The Morgan fingerprint density at radius 2 is 1.95 bits per heavy atom. The number of nitrogens with zero attached hydrogens (tertiary/aromatic N) is 5. The predicted molar refractivity (Wildman–Crippen MR) is 157 cm³/mol. The molecule has 1 saturated carbocycles. The minimum atomic E-state index is -2.74. The fourth-order valence-electron chi connectivity index (χ4n) is 5.52. The molecule has 1 aromatic carbocycles. The second kappa shape index (κ2) is 11.5. The van der Waals surface area contributed by atoms with Gasteiger partial charge in [0, 0.05) is 49.9 Å². The highest BCUT2D eigenvalue weighted by Gasteiger charge is 2.47. The maximum Gasteiger partial charge on any atom is 0.410 e. The van der Waals surface area contributed by atoms with Crippen molar-refractivity contribution in [2.24, 2.45) is 0 Å². The number of hydrogen-bond donors (Lipinski definition) is 0. The Balaban J connectivity index is 1.49. The molecule has 9 nitrogen and oxygen atoms in total. The molecular weight excluding hydrogens is 624 g/mol. The summed E-state index contributed by atoms with van der Waals surface area (Å²) in [5.74, 6) is -1.87. The molecule has 0 bridgehead atoms. The molecule has 2 atom stereocenters. The lowest BCUT2D eigenvalue weighted by molar-refractivity contribution is -0.134. The molecule has 13 heteroatoms. The summed E-state index contributed by atoms with van der Waals surface area (Å²) < 4.78 is 45.5. The van der Waals surface area contributed by atoms with Gasteiger partial charge in [0.1, 0.15) is 29.6 Å². The molecule has 1 aliphatic carbocycles. The van der Waals surface area contributed by atoms with Gasteiger partial charge in [-0.15, -0.1) is 0 Å². The Labute approximate surface area is 252 Å². The SMILES string of the molecule is C[C@H]1CN(C(=O)OC(C)(C)C)CCN1c1nc(OC[C@@H]2CCCN2C)nc2c(OC3CC(F)(F)C3)c(Br)c(Cl)cc12. The van der Waals surface area contributed by atoms with E-state index in [-0.39, 0.29) is 37.0 Å². The van der Waals surface area contributed by atoms with E-state index >= 15 is 0 Å². The van der Waals surface area contributed by atoms with Crippen molar-refractivity contribution in [2.75, 3.05) is 44.7 Å². The van der Waals surface area contributed by atoms with Gasteiger partial charge in [0.05, 0.1) is 9.50 Å². The van der Waals surface area contributed by atoms with Crippen molar-refractivity contribution < 1.29 is 27.8 Å². The smallest absolute Gasteiger partial charge is 0.410 e.